The first-order chi connectivity index (χ1) is 12.2. The summed E-state index contributed by atoms with van der Waals surface area (Å²) in [5, 5.41) is 0. The van der Waals surface area contributed by atoms with Crippen LogP contribution in [0.3, 0.4) is 0 Å². The van der Waals surface area contributed by atoms with Gasteiger partial charge in [0.1, 0.15) is 16.9 Å². The molecular weight excluding hydrogens is 332 g/mol. The molecule has 0 aromatic carbocycles. The Bertz CT molecular complexity index is 693. The van der Waals surface area contributed by atoms with E-state index in [-0.39, 0.29) is 11.9 Å². The first-order valence-corrected chi connectivity index (χ1v) is 9.37. The maximum atomic E-state index is 13.5. The van der Waals surface area contributed by atoms with Gasteiger partial charge in [0.2, 0.25) is 0 Å². The topological polar surface area (TPSA) is 68.7 Å². The molecule has 1 amide bonds. The Labute approximate surface area is 154 Å². The standard InChI is InChI=1S/C20H28N2O4/c1-19(2,3)26-18(24)22-12-6-5-10-20(22,4)17(23)15-13-21-11-9-16(15)25-14-7-8-14/h9,11,13-14H,5-8,10,12H2,1-4H3/t20-/m1/s1. The third-order valence-electron chi connectivity index (χ3n) is 4.84. The van der Waals surface area contributed by atoms with Gasteiger partial charge < -0.3 is 9.47 Å². The SMILES string of the molecule is CC(C)(C)OC(=O)N1CCCC[C@]1(C)C(=O)c1cnccc1OC1CC1. The van der Waals surface area contributed by atoms with Crippen LogP contribution in [0, 0.1) is 0 Å². The molecule has 1 saturated carbocycles. The van der Waals surface area contributed by atoms with Crippen LogP contribution in [0.25, 0.3) is 0 Å². The van der Waals surface area contributed by atoms with Gasteiger partial charge in [-0.05, 0) is 65.9 Å². The average Bonchev–Trinajstić information content (AvgIpc) is 3.37. The van der Waals surface area contributed by atoms with Gasteiger partial charge in [-0.15, -0.1) is 0 Å². The Kier molecular flexibility index (Phi) is 4.95. The molecule has 26 heavy (non-hydrogen) atoms. The minimum atomic E-state index is -0.953. The molecule has 0 N–H and O–H groups in total. The Morgan fingerprint density at radius 2 is 2.00 bits per heavy atom. The summed E-state index contributed by atoms with van der Waals surface area (Å²) in [4.78, 5) is 31.9. The summed E-state index contributed by atoms with van der Waals surface area (Å²) in [6.45, 7) is 7.83. The second-order valence-corrected chi connectivity index (χ2v) is 8.38. The highest BCUT2D eigenvalue weighted by Gasteiger charge is 2.46. The van der Waals surface area contributed by atoms with E-state index in [1.165, 1.54) is 0 Å². The van der Waals surface area contributed by atoms with Crippen molar-refractivity contribution >= 4 is 11.9 Å². The predicted molar refractivity (Wildman–Crippen MR) is 97.4 cm³/mol. The third-order valence-corrected chi connectivity index (χ3v) is 4.84. The fraction of sp³-hybridized carbons (Fsp3) is 0.650. The number of Topliss-reactive ketones (excluding diaryl/α,β-unsaturated/α-hetero) is 1. The van der Waals surface area contributed by atoms with E-state index in [1.54, 1.807) is 23.4 Å². The first kappa shape index (κ1) is 18.7. The van der Waals surface area contributed by atoms with Crippen molar-refractivity contribution in [3.8, 4) is 5.75 Å². The molecule has 1 aromatic heterocycles. The quantitative estimate of drug-likeness (QED) is 0.760. The summed E-state index contributed by atoms with van der Waals surface area (Å²) >= 11 is 0. The molecule has 1 saturated heterocycles. The molecule has 3 rings (SSSR count). The molecule has 2 heterocycles. The second-order valence-electron chi connectivity index (χ2n) is 8.38. The second kappa shape index (κ2) is 6.89. The lowest BCUT2D eigenvalue weighted by molar-refractivity contribution is -0.00726. The number of rotatable bonds is 4. The molecule has 0 unspecified atom stereocenters. The largest absolute Gasteiger partial charge is 0.490 e. The minimum absolute atomic E-state index is 0.133. The zero-order valence-electron chi connectivity index (χ0n) is 16.1. The summed E-state index contributed by atoms with van der Waals surface area (Å²) in [6, 6.07) is 1.73. The summed E-state index contributed by atoms with van der Waals surface area (Å²) in [5.41, 5.74) is -1.12. The lowest BCUT2D eigenvalue weighted by Crippen LogP contribution is -2.58. The number of ether oxygens (including phenoxy) is 2. The number of ketones is 1. The van der Waals surface area contributed by atoms with Gasteiger partial charge in [0.25, 0.3) is 0 Å². The number of piperidine rings is 1. The minimum Gasteiger partial charge on any atom is -0.490 e. The van der Waals surface area contributed by atoms with Crippen molar-refractivity contribution in [2.24, 2.45) is 0 Å². The van der Waals surface area contributed by atoms with E-state index >= 15 is 0 Å². The molecule has 0 spiro atoms. The van der Waals surface area contributed by atoms with Gasteiger partial charge in [-0.1, -0.05) is 0 Å². The predicted octanol–water partition coefficient (Wildman–Crippen LogP) is 3.99. The van der Waals surface area contributed by atoms with Crippen LogP contribution < -0.4 is 4.74 Å². The van der Waals surface area contributed by atoms with Crippen LogP contribution >= 0.6 is 0 Å². The number of amides is 1. The van der Waals surface area contributed by atoms with Gasteiger partial charge in [-0.3, -0.25) is 14.7 Å². The Hall–Kier alpha value is -2.11. The number of hydrogen-bond donors (Lipinski definition) is 0. The van der Waals surface area contributed by atoms with E-state index in [9.17, 15) is 9.59 Å². The van der Waals surface area contributed by atoms with Crippen LogP contribution in [0.2, 0.25) is 0 Å². The van der Waals surface area contributed by atoms with Crippen molar-refractivity contribution in [1.29, 1.82) is 0 Å². The van der Waals surface area contributed by atoms with Crippen molar-refractivity contribution in [3.63, 3.8) is 0 Å². The molecule has 1 atom stereocenters. The lowest BCUT2D eigenvalue weighted by atomic mass is 9.82. The molecule has 1 aliphatic heterocycles. The molecule has 0 radical (unpaired) electrons. The summed E-state index contributed by atoms with van der Waals surface area (Å²) in [7, 11) is 0. The Balaban J connectivity index is 1.88. The van der Waals surface area contributed by atoms with E-state index < -0.39 is 17.2 Å². The molecule has 6 heteroatoms. The number of pyridine rings is 1. The van der Waals surface area contributed by atoms with Crippen molar-refractivity contribution in [2.75, 3.05) is 6.54 Å². The molecular formula is C20H28N2O4. The van der Waals surface area contributed by atoms with Crippen LogP contribution in [0.4, 0.5) is 4.79 Å². The van der Waals surface area contributed by atoms with E-state index in [4.69, 9.17) is 9.47 Å². The van der Waals surface area contributed by atoms with Gasteiger partial charge >= 0.3 is 6.09 Å². The normalized spacial score (nSPS) is 23.5. The third kappa shape index (κ3) is 4.00. The summed E-state index contributed by atoms with van der Waals surface area (Å²) in [5.74, 6) is 0.426. The number of hydrogen-bond acceptors (Lipinski definition) is 5. The Morgan fingerprint density at radius 3 is 2.65 bits per heavy atom. The fourth-order valence-corrected chi connectivity index (χ4v) is 3.28. The van der Waals surface area contributed by atoms with Crippen molar-refractivity contribution < 1.29 is 19.1 Å². The number of nitrogens with zero attached hydrogens (tertiary/aromatic N) is 2. The van der Waals surface area contributed by atoms with E-state index in [0.29, 0.717) is 24.3 Å². The number of aromatic nitrogens is 1. The smallest absolute Gasteiger partial charge is 0.411 e. The zero-order valence-corrected chi connectivity index (χ0v) is 16.1. The van der Waals surface area contributed by atoms with Gasteiger partial charge in [0, 0.05) is 18.9 Å². The molecule has 2 fully saturated rings. The monoisotopic (exact) mass is 360 g/mol. The first-order valence-electron chi connectivity index (χ1n) is 9.37. The average molecular weight is 360 g/mol. The van der Waals surface area contributed by atoms with Crippen molar-refractivity contribution in [3.05, 3.63) is 24.0 Å². The highest BCUT2D eigenvalue weighted by molar-refractivity contribution is 6.06. The Morgan fingerprint density at radius 1 is 1.27 bits per heavy atom. The van der Waals surface area contributed by atoms with E-state index in [0.717, 1.165) is 25.7 Å². The molecule has 0 bridgehead atoms. The van der Waals surface area contributed by atoms with Crippen molar-refractivity contribution in [2.45, 2.75) is 77.0 Å². The maximum absolute atomic E-state index is 13.5. The lowest BCUT2D eigenvalue weighted by Gasteiger charge is -2.43. The molecule has 1 aliphatic carbocycles. The maximum Gasteiger partial charge on any atom is 0.411 e. The number of likely N-dealkylation sites (tertiary alicyclic amines) is 1. The highest BCUT2D eigenvalue weighted by Crippen LogP contribution is 2.36. The zero-order chi connectivity index (χ0) is 18.9. The summed E-state index contributed by atoms with van der Waals surface area (Å²) in [6.07, 6.45) is 7.29. The summed E-state index contributed by atoms with van der Waals surface area (Å²) < 4.78 is 11.4. The van der Waals surface area contributed by atoms with Gasteiger partial charge in [0.15, 0.2) is 5.78 Å². The molecule has 1 aromatic rings. The molecule has 2 aliphatic rings. The van der Waals surface area contributed by atoms with Crippen molar-refractivity contribution in [1.82, 2.24) is 9.88 Å². The van der Waals surface area contributed by atoms with Crippen LogP contribution in [0.15, 0.2) is 18.5 Å². The van der Waals surface area contributed by atoms with Gasteiger partial charge in [-0.25, -0.2) is 4.79 Å². The highest BCUT2D eigenvalue weighted by atomic mass is 16.6. The van der Waals surface area contributed by atoms with Gasteiger partial charge in [-0.2, -0.15) is 0 Å². The molecule has 6 nitrogen and oxygen atoms in total. The van der Waals surface area contributed by atoms with E-state index in [1.807, 2.05) is 27.7 Å². The van der Waals surface area contributed by atoms with Crippen LogP contribution in [0.5, 0.6) is 5.75 Å². The fourth-order valence-electron chi connectivity index (χ4n) is 3.28. The van der Waals surface area contributed by atoms with Gasteiger partial charge in [0.05, 0.1) is 11.7 Å². The van der Waals surface area contributed by atoms with E-state index in [2.05, 4.69) is 4.98 Å². The number of carbonyl (C=O) groups is 2. The van der Waals surface area contributed by atoms with Crippen LogP contribution in [-0.2, 0) is 4.74 Å². The van der Waals surface area contributed by atoms with Crippen LogP contribution in [0.1, 0.15) is 70.2 Å². The van der Waals surface area contributed by atoms with Crippen LogP contribution in [-0.4, -0.2) is 45.5 Å². The number of carbonyl (C=O) groups excluding carboxylic acids is 2. The molecule has 142 valence electrons.